The van der Waals surface area contributed by atoms with Crippen LogP contribution in [0.25, 0.3) is 0 Å². The molecule has 3 heterocycles. The highest BCUT2D eigenvalue weighted by Gasteiger charge is 2.82. The molecule has 9 atom stereocenters. The molecule has 0 amide bonds. The average molecular weight is 362 g/mol. The van der Waals surface area contributed by atoms with E-state index in [1.54, 1.807) is 13.0 Å². The number of fused-ring (bicyclic) bond motifs is 6. The lowest BCUT2D eigenvalue weighted by atomic mass is 9.51. The zero-order chi connectivity index (χ0) is 18.4. The molecule has 0 bridgehead atoms. The summed E-state index contributed by atoms with van der Waals surface area (Å²) in [5.41, 5.74) is -0.0884. The van der Waals surface area contributed by atoms with Crippen LogP contribution in [0.3, 0.4) is 0 Å². The highest BCUT2D eigenvalue weighted by Crippen LogP contribution is 2.68. The molecule has 142 valence electrons. The standard InChI is InChI=1S/C20H26O6/c1-5-9(2)17(21)26-15-13-16(24-13)20(8-23-20)14-12-11(6-7-19(14,15)4)10(3)18(22)25-12/h5,10-16H,6-8H2,1-4H3/b9-5-/t10-,11-,12-,13+,14-,15-,16+,19-,20+/m1/s1. The van der Waals surface area contributed by atoms with E-state index in [2.05, 4.69) is 6.92 Å². The number of esters is 2. The highest BCUT2D eigenvalue weighted by atomic mass is 16.7. The van der Waals surface area contributed by atoms with Gasteiger partial charge in [0.1, 0.15) is 30.0 Å². The van der Waals surface area contributed by atoms with Gasteiger partial charge in [-0.1, -0.05) is 19.9 Å². The van der Waals surface area contributed by atoms with Crippen molar-refractivity contribution in [2.24, 2.45) is 23.2 Å². The summed E-state index contributed by atoms with van der Waals surface area (Å²) in [7, 11) is 0. The van der Waals surface area contributed by atoms with Crippen LogP contribution in [0, 0.1) is 23.2 Å². The quantitative estimate of drug-likeness (QED) is 0.425. The minimum Gasteiger partial charge on any atom is -0.461 e. The van der Waals surface area contributed by atoms with Crippen LogP contribution >= 0.6 is 0 Å². The lowest BCUT2D eigenvalue weighted by Gasteiger charge is -2.53. The summed E-state index contributed by atoms with van der Waals surface area (Å²) in [6, 6.07) is 0. The monoisotopic (exact) mass is 362 g/mol. The molecule has 0 radical (unpaired) electrons. The average Bonchev–Trinajstić information content (AvgIpc) is 3.51. The maximum Gasteiger partial charge on any atom is 0.333 e. The summed E-state index contributed by atoms with van der Waals surface area (Å²) < 4.78 is 23.8. The first-order valence-corrected chi connectivity index (χ1v) is 9.67. The van der Waals surface area contributed by atoms with Crippen LogP contribution in [0.1, 0.15) is 40.5 Å². The number of hydrogen-bond donors (Lipinski definition) is 0. The summed E-state index contributed by atoms with van der Waals surface area (Å²) in [5.74, 6) is -0.263. The van der Waals surface area contributed by atoms with Crippen molar-refractivity contribution in [1.29, 1.82) is 0 Å². The van der Waals surface area contributed by atoms with Gasteiger partial charge in [0.2, 0.25) is 0 Å². The van der Waals surface area contributed by atoms with E-state index in [1.807, 2.05) is 13.8 Å². The van der Waals surface area contributed by atoms with Gasteiger partial charge in [-0.05, 0) is 26.7 Å². The molecule has 5 rings (SSSR count). The van der Waals surface area contributed by atoms with Crippen LogP contribution < -0.4 is 0 Å². The zero-order valence-corrected chi connectivity index (χ0v) is 15.7. The van der Waals surface area contributed by atoms with E-state index in [9.17, 15) is 9.59 Å². The molecule has 26 heavy (non-hydrogen) atoms. The van der Waals surface area contributed by atoms with Gasteiger partial charge >= 0.3 is 11.9 Å². The number of hydrogen-bond acceptors (Lipinski definition) is 6. The lowest BCUT2D eigenvalue weighted by molar-refractivity contribution is -0.182. The topological polar surface area (TPSA) is 77.7 Å². The van der Waals surface area contributed by atoms with E-state index in [-0.39, 0.29) is 65.1 Å². The highest BCUT2D eigenvalue weighted by molar-refractivity contribution is 5.87. The normalized spacial score (nSPS) is 54.1. The second kappa shape index (κ2) is 5.10. The van der Waals surface area contributed by atoms with Crippen LogP contribution in [-0.4, -0.2) is 48.6 Å². The molecule has 0 aromatic heterocycles. The van der Waals surface area contributed by atoms with Gasteiger partial charge in [0, 0.05) is 22.8 Å². The van der Waals surface area contributed by atoms with Crippen molar-refractivity contribution in [2.75, 3.05) is 6.61 Å². The smallest absolute Gasteiger partial charge is 0.333 e. The van der Waals surface area contributed by atoms with Crippen LogP contribution in [-0.2, 0) is 28.5 Å². The summed E-state index contributed by atoms with van der Waals surface area (Å²) in [4.78, 5) is 24.7. The number of ether oxygens (including phenoxy) is 4. The van der Waals surface area contributed by atoms with Gasteiger partial charge in [0.15, 0.2) is 0 Å². The van der Waals surface area contributed by atoms with Crippen LogP contribution in [0.2, 0.25) is 0 Å². The van der Waals surface area contributed by atoms with Crippen molar-refractivity contribution in [2.45, 2.75) is 70.6 Å². The number of epoxide rings is 2. The molecule has 3 saturated heterocycles. The van der Waals surface area contributed by atoms with Crippen molar-refractivity contribution in [3.05, 3.63) is 11.6 Å². The summed E-state index contributed by atoms with van der Waals surface area (Å²) in [5, 5.41) is 0. The SMILES string of the molecule is C/C=C(/C)C(=O)O[C@@H]1[C@@H]2O[C@@H]2[C@]2(CO2)[C@@H]2[C@@H]3OC(=O)[C@H](C)[C@H]3CC[C@@]12C. The van der Waals surface area contributed by atoms with Crippen molar-refractivity contribution in [3.8, 4) is 0 Å². The summed E-state index contributed by atoms with van der Waals surface area (Å²) in [6.45, 7) is 8.35. The molecular weight excluding hydrogens is 336 g/mol. The molecular formula is C20H26O6. The third kappa shape index (κ3) is 1.95. The Balaban J connectivity index is 1.52. The Labute approximate surface area is 153 Å². The predicted octanol–water partition coefficient (Wildman–Crippen LogP) is 2.01. The Morgan fingerprint density at radius 2 is 2.08 bits per heavy atom. The summed E-state index contributed by atoms with van der Waals surface area (Å²) >= 11 is 0. The minimum absolute atomic E-state index is 0.00936. The molecule has 1 spiro atoms. The van der Waals surface area contributed by atoms with Crippen molar-refractivity contribution >= 4 is 11.9 Å². The van der Waals surface area contributed by atoms with Gasteiger partial charge in [-0.2, -0.15) is 0 Å². The molecule has 0 aromatic carbocycles. The fourth-order valence-electron chi connectivity index (χ4n) is 5.94. The van der Waals surface area contributed by atoms with E-state index in [0.29, 0.717) is 12.2 Å². The maximum absolute atomic E-state index is 12.5. The van der Waals surface area contributed by atoms with E-state index in [4.69, 9.17) is 18.9 Å². The van der Waals surface area contributed by atoms with Gasteiger partial charge in [0.25, 0.3) is 0 Å². The third-order valence-electron chi connectivity index (χ3n) is 7.69. The Morgan fingerprint density at radius 1 is 1.35 bits per heavy atom. The molecule has 0 N–H and O–H groups in total. The predicted molar refractivity (Wildman–Crippen MR) is 90.0 cm³/mol. The van der Waals surface area contributed by atoms with Crippen molar-refractivity contribution in [3.63, 3.8) is 0 Å². The number of allylic oxidation sites excluding steroid dienone is 1. The molecule has 0 unspecified atom stereocenters. The molecule has 3 aliphatic heterocycles. The first kappa shape index (κ1) is 16.8. The molecule has 6 heteroatoms. The summed E-state index contributed by atoms with van der Waals surface area (Å²) in [6.07, 6.45) is 2.87. The van der Waals surface area contributed by atoms with Gasteiger partial charge in [-0.3, -0.25) is 4.79 Å². The Bertz CT molecular complexity index is 709. The van der Waals surface area contributed by atoms with Gasteiger partial charge in [-0.25, -0.2) is 4.79 Å². The zero-order valence-electron chi connectivity index (χ0n) is 15.7. The van der Waals surface area contributed by atoms with Gasteiger partial charge < -0.3 is 18.9 Å². The second-order valence-corrected chi connectivity index (χ2v) is 8.94. The molecule has 0 aromatic rings. The fourth-order valence-corrected chi connectivity index (χ4v) is 5.94. The Kier molecular flexibility index (Phi) is 3.29. The van der Waals surface area contributed by atoms with Gasteiger partial charge in [-0.15, -0.1) is 0 Å². The maximum atomic E-state index is 12.5. The first-order chi connectivity index (χ1) is 12.3. The molecule has 5 aliphatic rings. The van der Waals surface area contributed by atoms with E-state index in [0.717, 1.165) is 12.8 Å². The first-order valence-electron chi connectivity index (χ1n) is 9.67. The van der Waals surface area contributed by atoms with Crippen molar-refractivity contribution < 1.29 is 28.5 Å². The minimum atomic E-state index is -0.369. The van der Waals surface area contributed by atoms with E-state index in [1.165, 1.54) is 0 Å². The van der Waals surface area contributed by atoms with Crippen LogP contribution in [0.15, 0.2) is 11.6 Å². The number of carbonyl (C=O) groups excluding carboxylic acids is 2. The fraction of sp³-hybridized carbons (Fsp3) is 0.800. The molecule has 6 nitrogen and oxygen atoms in total. The van der Waals surface area contributed by atoms with E-state index >= 15 is 0 Å². The van der Waals surface area contributed by atoms with Crippen LogP contribution in [0.4, 0.5) is 0 Å². The molecule has 5 fully saturated rings. The number of carbonyl (C=O) groups is 2. The van der Waals surface area contributed by atoms with Gasteiger partial charge in [0.05, 0.1) is 12.5 Å². The van der Waals surface area contributed by atoms with E-state index < -0.39 is 0 Å². The molecule has 2 saturated carbocycles. The lowest BCUT2D eigenvalue weighted by Crippen LogP contribution is -2.63. The molecule has 2 aliphatic carbocycles. The Hall–Kier alpha value is -1.40. The second-order valence-electron chi connectivity index (χ2n) is 8.94. The van der Waals surface area contributed by atoms with Crippen molar-refractivity contribution in [1.82, 2.24) is 0 Å². The third-order valence-corrected chi connectivity index (χ3v) is 7.69. The number of rotatable bonds is 2. The largest absolute Gasteiger partial charge is 0.461 e. The Morgan fingerprint density at radius 3 is 2.73 bits per heavy atom. The van der Waals surface area contributed by atoms with Crippen LogP contribution in [0.5, 0.6) is 0 Å².